The van der Waals surface area contributed by atoms with Crippen molar-refractivity contribution in [2.45, 2.75) is 13.0 Å². The van der Waals surface area contributed by atoms with E-state index in [2.05, 4.69) is 0 Å². The number of hydrogen-bond acceptors (Lipinski definition) is 4. The number of amides is 2. The normalized spacial score (nSPS) is 23.9. The number of likely N-dealkylation sites (tertiary alicyclic amines) is 1. The molecule has 6 heteroatoms. The van der Waals surface area contributed by atoms with Gasteiger partial charge in [-0.05, 0) is 25.1 Å². The molecular weight excluding hydrogens is 368 g/mol. The molecule has 2 aliphatic heterocycles. The maximum atomic E-state index is 13.4. The van der Waals surface area contributed by atoms with Crippen molar-refractivity contribution in [1.29, 1.82) is 0 Å². The Labute approximate surface area is 167 Å². The van der Waals surface area contributed by atoms with Gasteiger partial charge in [-0.3, -0.25) is 14.4 Å². The third kappa shape index (κ3) is 2.45. The number of ketones is 1. The van der Waals surface area contributed by atoms with Crippen LogP contribution in [0.2, 0.25) is 0 Å². The van der Waals surface area contributed by atoms with Gasteiger partial charge in [-0.2, -0.15) is 0 Å². The van der Waals surface area contributed by atoms with Gasteiger partial charge in [0.25, 0.3) is 11.8 Å². The number of carbonyl (C=O) groups excluding carboxylic acids is 3. The van der Waals surface area contributed by atoms with Crippen molar-refractivity contribution in [3.63, 3.8) is 0 Å². The van der Waals surface area contributed by atoms with Crippen molar-refractivity contribution in [3.8, 4) is 0 Å². The van der Waals surface area contributed by atoms with E-state index in [1.807, 2.05) is 31.2 Å². The van der Waals surface area contributed by atoms with E-state index in [0.29, 0.717) is 16.7 Å². The van der Waals surface area contributed by atoms with Crippen LogP contribution in [0, 0.1) is 5.41 Å². The molecule has 0 N–H and O–H groups in total. The molecule has 1 fully saturated rings. The summed E-state index contributed by atoms with van der Waals surface area (Å²) < 4.78 is 5.73. The number of likely N-dealkylation sites (N-methyl/N-ethyl adjacent to an activating group) is 1. The van der Waals surface area contributed by atoms with Gasteiger partial charge in [-0.15, -0.1) is 0 Å². The standard InChI is InChI=1S/C23H20N2O4/c1-23-13-25(22(28)18-11-14-7-3-6-10-17(14)29-18)12-19(23)24(2)21(27)16-9-5-4-8-15(16)20(23)26/h3-11,19H,12-13H2,1-2H3/t19-,23+/m1/s1. The third-order valence-electron chi connectivity index (χ3n) is 6.28. The Balaban J connectivity index is 1.53. The Morgan fingerprint density at radius 2 is 1.76 bits per heavy atom. The average molecular weight is 388 g/mol. The highest BCUT2D eigenvalue weighted by Crippen LogP contribution is 2.41. The number of rotatable bonds is 1. The summed E-state index contributed by atoms with van der Waals surface area (Å²) in [7, 11) is 1.70. The van der Waals surface area contributed by atoms with Crippen LogP contribution in [0.4, 0.5) is 0 Å². The molecule has 2 aromatic carbocycles. The molecule has 5 rings (SSSR count). The molecule has 2 atom stereocenters. The average Bonchev–Trinajstić information content (AvgIpc) is 3.32. The first-order chi connectivity index (χ1) is 13.9. The highest BCUT2D eigenvalue weighted by atomic mass is 16.3. The summed E-state index contributed by atoms with van der Waals surface area (Å²) in [6, 6.07) is 15.7. The van der Waals surface area contributed by atoms with Crippen LogP contribution in [-0.4, -0.2) is 53.6 Å². The van der Waals surface area contributed by atoms with Crippen LogP contribution in [0.5, 0.6) is 0 Å². The number of hydrogen-bond donors (Lipinski definition) is 0. The lowest BCUT2D eigenvalue weighted by atomic mass is 9.78. The summed E-state index contributed by atoms with van der Waals surface area (Å²) in [6.45, 7) is 2.37. The molecule has 0 spiro atoms. The van der Waals surface area contributed by atoms with E-state index in [-0.39, 0.29) is 36.4 Å². The lowest BCUT2D eigenvalue weighted by molar-refractivity contribution is 0.0606. The van der Waals surface area contributed by atoms with Crippen LogP contribution >= 0.6 is 0 Å². The maximum absolute atomic E-state index is 13.4. The lowest BCUT2D eigenvalue weighted by Crippen LogP contribution is -2.48. The predicted octanol–water partition coefficient (Wildman–Crippen LogP) is 3.23. The number of nitrogens with zero attached hydrogens (tertiary/aromatic N) is 2. The van der Waals surface area contributed by atoms with Gasteiger partial charge >= 0.3 is 0 Å². The van der Waals surface area contributed by atoms with Crippen molar-refractivity contribution in [2.75, 3.05) is 20.1 Å². The van der Waals surface area contributed by atoms with Crippen LogP contribution in [0.1, 0.15) is 38.2 Å². The third-order valence-corrected chi connectivity index (χ3v) is 6.28. The highest BCUT2D eigenvalue weighted by molar-refractivity contribution is 6.13. The Morgan fingerprint density at radius 3 is 2.52 bits per heavy atom. The summed E-state index contributed by atoms with van der Waals surface area (Å²) >= 11 is 0. The Kier molecular flexibility index (Phi) is 3.68. The molecule has 1 saturated heterocycles. The Bertz CT molecular complexity index is 1150. The van der Waals surface area contributed by atoms with Crippen molar-refractivity contribution in [3.05, 3.63) is 71.5 Å². The largest absolute Gasteiger partial charge is 0.451 e. The second-order valence-corrected chi connectivity index (χ2v) is 8.06. The van der Waals surface area contributed by atoms with Gasteiger partial charge in [-0.1, -0.05) is 36.4 Å². The molecule has 3 heterocycles. The van der Waals surface area contributed by atoms with E-state index in [0.717, 1.165) is 5.39 Å². The van der Waals surface area contributed by atoms with Gasteiger partial charge < -0.3 is 14.2 Å². The molecule has 0 unspecified atom stereocenters. The first-order valence-electron chi connectivity index (χ1n) is 9.59. The van der Waals surface area contributed by atoms with E-state index >= 15 is 0 Å². The first-order valence-corrected chi connectivity index (χ1v) is 9.59. The number of para-hydroxylation sites is 1. The molecular formula is C23H20N2O4. The molecule has 146 valence electrons. The summed E-state index contributed by atoms with van der Waals surface area (Å²) in [4.78, 5) is 42.8. The van der Waals surface area contributed by atoms with Gasteiger partial charge in [0.15, 0.2) is 11.5 Å². The minimum absolute atomic E-state index is 0.101. The fraction of sp³-hybridized carbons (Fsp3) is 0.261. The minimum atomic E-state index is -0.876. The molecule has 2 aliphatic rings. The number of benzene rings is 2. The van der Waals surface area contributed by atoms with Gasteiger partial charge in [0, 0.05) is 31.1 Å². The molecule has 3 aromatic rings. The van der Waals surface area contributed by atoms with Crippen LogP contribution in [0.15, 0.2) is 59.0 Å². The number of Topliss-reactive ketones (excluding diaryl/α,β-unsaturated/α-hetero) is 1. The molecule has 2 amide bonds. The second kappa shape index (κ2) is 6.04. The molecule has 1 aromatic heterocycles. The Hall–Kier alpha value is -3.41. The van der Waals surface area contributed by atoms with Crippen LogP contribution < -0.4 is 0 Å². The molecule has 29 heavy (non-hydrogen) atoms. The quantitative estimate of drug-likeness (QED) is 0.642. The first kappa shape index (κ1) is 17.7. The zero-order valence-electron chi connectivity index (χ0n) is 16.2. The van der Waals surface area contributed by atoms with Crippen molar-refractivity contribution in [2.24, 2.45) is 5.41 Å². The van der Waals surface area contributed by atoms with E-state index < -0.39 is 11.5 Å². The van der Waals surface area contributed by atoms with E-state index in [4.69, 9.17) is 4.42 Å². The topological polar surface area (TPSA) is 70.8 Å². The molecule has 0 saturated carbocycles. The minimum Gasteiger partial charge on any atom is -0.451 e. The lowest BCUT2D eigenvalue weighted by Gasteiger charge is -2.32. The molecule has 0 radical (unpaired) electrons. The summed E-state index contributed by atoms with van der Waals surface area (Å²) in [5.41, 5.74) is 0.615. The molecule has 0 bridgehead atoms. The van der Waals surface area contributed by atoms with Gasteiger partial charge in [0.05, 0.1) is 17.0 Å². The smallest absolute Gasteiger partial charge is 0.289 e. The highest BCUT2D eigenvalue weighted by Gasteiger charge is 2.55. The van der Waals surface area contributed by atoms with Gasteiger partial charge in [0.2, 0.25) is 0 Å². The summed E-state index contributed by atoms with van der Waals surface area (Å²) in [6.07, 6.45) is 0. The van der Waals surface area contributed by atoms with Gasteiger partial charge in [-0.25, -0.2) is 0 Å². The van der Waals surface area contributed by atoms with Crippen molar-refractivity contribution in [1.82, 2.24) is 9.80 Å². The maximum Gasteiger partial charge on any atom is 0.289 e. The van der Waals surface area contributed by atoms with Crippen LogP contribution in [0.25, 0.3) is 11.0 Å². The summed E-state index contributed by atoms with van der Waals surface area (Å²) in [5.74, 6) is -0.318. The van der Waals surface area contributed by atoms with Crippen molar-refractivity contribution >= 4 is 28.6 Å². The number of furan rings is 1. The predicted molar refractivity (Wildman–Crippen MR) is 107 cm³/mol. The zero-order chi connectivity index (χ0) is 20.3. The second-order valence-electron chi connectivity index (χ2n) is 8.06. The van der Waals surface area contributed by atoms with Gasteiger partial charge in [0.1, 0.15) is 5.58 Å². The molecule has 6 nitrogen and oxygen atoms in total. The van der Waals surface area contributed by atoms with Crippen LogP contribution in [0.3, 0.4) is 0 Å². The van der Waals surface area contributed by atoms with Crippen molar-refractivity contribution < 1.29 is 18.8 Å². The zero-order valence-corrected chi connectivity index (χ0v) is 16.2. The number of fused-ring (bicyclic) bond motifs is 3. The molecule has 0 aliphatic carbocycles. The fourth-order valence-electron chi connectivity index (χ4n) is 4.65. The van der Waals surface area contributed by atoms with E-state index in [1.54, 1.807) is 47.2 Å². The number of carbonyl (C=O) groups is 3. The van der Waals surface area contributed by atoms with E-state index in [1.165, 1.54) is 0 Å². The SMILES string of the molecule is CN1C(=O)c2ccccc2C(=O)[C@@]2(C)CN(C(=O)c3cc4ccccc4o3)C[C@@H]12. The Morgan fingerprint density at radius 1 is 1.07 bits per heavy atom. The van der Waals surface area contributed by atoms with E-state index in [9.17, 15) is 14.4 Å². The summed E-state index contributed by atoms with van der Waals surface area (Å²) in [5, 5.41) is 0.854. The monoisotopic (exact) mass is 388 g/mol. The van der Waals surface area contributed by atoms with Crippen LogP contribution in [-0.2, 0) is 0 Å². The fourth-order valence-corrected chi connectivity index (χ4v) is 4.65.